The van der Waals surface area contributed by atoms with Gasteiger partial charge in [0.1, 0.15) is 0 Å². The summed E-state index contributed by atoms with van der Waals surface area (Å²) in [5, 5.41) is 0. The van der Waals surface area contributed by atoms with Gasteiger partial charge >= 0.3 is 5.97 Å². The fourth-order valence-electron chi connectivity index (χ4n) is 1.89. The van der Waals surface area contributed by atoms with Crippen molar-refractivity contribution in [3.8, 4) is 0 Å². The zero-order chi connectivity index (χ0) is 11.0. The summed E-state index contributed by atoms with van der Waals surface area (Å²) >= 11 is 0. The molecule has 0 aromatic rings. The predicted octanol–water partition coefficient (Wildman–Crippen LogP) is 3.55. The summed E-state index contributed by atoms with van der Waals surface area (Å²) in [6.45, 7) is 6.31. The van der Waals surface area contributed by atoms with Crippen LogP contribution in [0.15, 0.2) is 0 Å². The number of ether oxygens (including phenoxy) is 1. The number of methoxy groups -OCH3 is 1. The molecule has 0 N–H and O–H groups in total. The molecule has 0 saturated heterocycles. The van der Waals surface area contributed by atoms with Crippen LogP contribution in [-0.2, 0) is 9.53 Å². The van der Waals surface area contributed by atoms with Crippen molar-refractivity contribution in [2.24, 2.45) is 5.41 Å². The Kier molecular flexibility index (Phi) is 6.60. The third-order valence-electron chi connectivity index (χ3n) is 2.81. The summed E-state index contributed by atoms with van der Waals surface area (Å²) in [4.78, 5) is 11.6. The Bertz CT molecular complexity index is 166. The molecular formula is C12H24O2. The summed E-state index contributed by atoms with van der Waals surface area (Å²) in [5.74, 6) is -0.0459. The van der Waals surface area contributed by atoms with E-state index in [4.69, 9.17) is 4.74 Å². The molecule has 0 aliphatic rings. The lowest BCUT2D eigenvalue weighted by molar-refractivity contribution is -0.152. The first-order chi connectivity index (χ1) is 6.60. The first-order valence-electron chi connectivity index (χ1n) is 5.69. The van der Waals surface area contributed by atoms with Crippen LogP contribution >= 0.6 is 0 Å². The van der Waals surface area contributed by atoms with Crippen LogP contribution in [0.2, 0.25) is 0 Å². The summed E-state index contributed by atoms with van der Waals surface area (Å²) < 4.78 is 4.86. The molecule has 0 aliphatic heterocycles. The summed E-state index contributed by atoms with van der Waals surface area (Å²) in [5.41, 5.74) is -0.251. The average molecular weight is 200 g/mol. The van der Waals surface area contributed by atoms with Gasteiger partial charge in [-0.15, -0.1) is 0 Å². The van der Waals surface area contributed by atoms with E-state index in [0.717, 1.165) is 25.7 Å². The van der Waals surface area contributed by atoms with Crippen molar-refractivity contribution in [1.82, 2.24) is 0 Å². The molecule has 0 aliphatic carbocycles. The molecular weight excluding hydrogens is 176 g/mol. The van der Waals surface area contributed by atoms with E-state index in [1.165, 1.54) is 20.0 Å². The van der Waals surface area contributed by atoms with E-state index < -0.39 is 0 Å². The van der Waals surface area contributed by atoms with Gasteiger partial charge in [0.25, 0.3) is 0 Å². The van der Waals surface area contributed by atoms with Crippen molar-refractivity contribution in [2.45, 2.75) is 59.3 Å². The normalized spacial score (nSPS) is 14.9. The third-order valence-corrected chi connectivity index (χ3v) is 2.81. The maximum Gasteiger partial charge on any atom is 0.311 e. The van der Waals surface area contributed by atoms with Crippen LogP contribution in [0.25, 0.3) is 0 Å². The summed E-state index contributed by atoms with van der Waals surface area (Å²) in [6, 6.07) is 0. The van der Waals surface area contributed by atoms with E-state index >= 15 is 0 Å². The lowest BCUT2D eigenvalue weighted by atomic mass is 9.80. The molecule has 1 atom stereocenters. The predicted molar refractivity (Wildman–Crippen MR) is 59.2 cm³/mol. The first-order valence-corrected chi connectivity index (χ1v) is 5.69. The van der Waals surface area contributed by atoms with Gasteiger partial charge < -0.3 is 4.74 Å². The fraction of sp³-hybridized carbons (Fsp3) is 0.917. The van der Waals surface area contributed by atoms with E-state index in [1.807, 2.05) is 6.92 Å². The van der Waals surface area contributed by atoms with Gasteiger partial charge in [0.15, 0.2) is 0 Å². The quantitative estimate of drug-likeness (QED) is 0.464. The fourth-order valence-corrected chi connectivity index (χ4v) is 1.89. The Balaban J connectivity index is 4.16. The topological polar surface area (TPSA) is 26.3 Å². The molecule has 0 rings (SSSR count). The molecule has 0 bridgehead atoms. The van der Waals surface area contributed by atoms with E-state index in [0.29, 0.717) is 0 Å². The molecule has 0 spiro atoms. The van der Waals surface area contributed by atoms with E-state index in [9.17, 15) is 4.79 Å². The van der Waals surface area contributed by atoms with Crippen LogP contribution in [0, 0.1) is 5.41 Å². The molecule has 0 radical (unpaired) electrons. The Labute approximate surface area is 88.0 Å². The number of esters is 1. The largest absolute Gasteiger partial charge is 0.469 e. The maximum atomic E-state index is 11.6. The van der Waals surface area contributed by atoms with Gasteiger partial charge in [0, 0.05) is 0 Å². The highest BCUT2D eigenvalue weighted by molar-refractivity contribution is 5.76. The number of carbonyl (C=O) groups is 1. The third kappa shape index (κ3) is 4.12. The van der Waals surface area contributed by atoms with Gasteiger partial charge in [-0.2, -0.15) is 0 Å². The zero-order valence-corrected chi connectivity index (χ0v) is 10.1. The smallest absolute Gasteiger partial charge is 0.311 e. The molecule has 1 unspecified atom stereocenters. The van der Waals surface area contributed by atoms with E-state index in [1.54, 1.807) is 0 Å². The van der Waals surface area contributed by atoms with Crippen LogP contribution in [0.5, 0.6) is 0 Å². The molecule has 0 amide bonds. The summed E-state index contributed by atoms with van der Waals surface area (Å²) in [6.07, 6.45) is 6.46. The van der Waals surface area contributed by atoms with Crippen molar-refractivity contribution in [2.75, 3.05) is 7.11 Å². The monoisotopic (exact) mass is 200 g/mol. The lowest BCUT2D eigenvalue weighted by Crippen LogP contribution is -2.29. The van der Waals surface area contributed by atoms with Crippen LogP contribution in [-0.4, -0.2) is 13.1 Å². The van der Waals surface area contributed by atoms with Gasteiger partial charge in [-0.25, -0.2) is 0 Å². The van der Waals surface area contributed by atoms with Gasteiger partial charge in [-0.05, 0) is 19.8 Å². The molecule has 0 aromatic heterocycles. The van der Waals surface area contributed by atoms with E-state index in [-0.39, 0.29) is 11.4 Å². The molecule has 14 heavy (non-hydrogen) atoms. The molecule has 0 aromatic carbocycles. The van der Waals surface area contributed by atoms with Gasteiger partial charge in [0.2, 0.25) is 0 Å². The molecule has 2 heteroatoms. The lowest BCUT2D eigenvalue weighted by Gasteiger charge is -2.25. The van der Waals surface area contributed by atoms with Crippen LogP contribution in [0.1, 0.15) is 59.3 Å². The second-order valence-electron chi connectivity index (χ2n) is 4.26. The summed E-state index contributed by atoms with van der Waals surface area (Å²) in [7, 11) is 1.48. The second-order valence-corrected chi connectivity index (χ2v) is 4.26. The van der Waals surface area contributed by atoms with E-state index in [2.05, 4.69) is 13.8 Å². The Hall–Kier alpha value is -0.530. The minimum absolute atomic E-state index is 0.0459. The standard InChI is InChI=1S/C12H24O2/c1-5-7-8-10-12(3,9-6-2)11(13)14-4/h5-10H2,1-4H3. The molecule has 0 fully saturated rings. The van der Waals surface area contributed by atoms with Crippen LogP contribution < -0.4 is 0 Å². The first kappa shape index (κ1) is 13.5. The number of unbranched alkanes of at least 4 members (excludes halogenated alkanes) is 2. The van der Waals surface area contributed by atoms with Crippen molar-refractivity contribution in [3.05, 3.63) is 0 Å². The minimum Gasteiger partial charge on any atom is -0.469 e. The number of rotatable bonds is 7. The van der Waals surface area contributed by atoms with Gasteiger partial charge in [0.05, 0.1) is 12.5 Å². The SMILES string of the molecule is CCCCCC(C)(CCC)C(=O)OC. The second kappa shape index (κ2) is 6.86. The average Bonchev–Trinajstić information content (AvgIpc) is 2.17. The molecule has 0 saturated carbocycles. The van der Waals surface area contributed by atoms with Crippen molar-refractivity contribution in [1.29, 1.82) is 0 Å². The Morgan fingerprint density at radius 2 is 1.79 bits per heavy atom. The molecule has 84 valence electrons. The number of carbonyl (C=O) groups excluding carboxylic acids is 1. The van der Waals surface area contributed by atoms with Crippen LogP contribution in [0.3, 0.4) is 0 Å². The minimum atomic E-state index is -0.251. The zero-order valence-electron chi connectivity index (χ0n) is 10.1. The van der Waals surface area contributed by atoms with Gasteiger partial charge in [-0.1, -0.05) is 39.5 Å². The van der Waals surface area contributed by atoms with Crippen molar-refractivity contribution in [3.63, 3.8) is 0 Å². The van der Waals surface area contributed by atoms with Crippen LogP contribution in [0.4, 0.5) is 0 Å². The highest BCUT2D eigenvalue weighted by atomic mass is 16.5. The number of hydrogen-bond donors (Lipinski definition) is 0. The molecule has 0 heterocycles. The highest BCUT2D eigenvalue weighted by Gasteiger charge is 2.32. The maximum absolute atomic E-state index is 11.6. The van der Waals surface area contributed by atoms with Crippen molar-refractivity contribution < 1.29 is 9.53 Å². The Morgan fingerprint density at radius 3 is 2.21 bits per heavy atom. The molecule has 2 nitrogen and oxygen atoms in total. The Morgan fingerprint density at radius 1 is 1.14 bits per heavy atom. The number of hydrogen-bond acceptors (Lipinski definition) is 2. The highest BCUT2D eigenvalue weighted by Crippen LogP contribution is 2.31. The van der Waals surface area contributed by atoms with Gasteiger partial charge in [-0.3, -0.25) is 4.79 Å². The van der Waals surface area contributed by atoms with Crippen molar-refractivity contribution >= 4 is 5.97 Å².